The van der Waals surface area contributed by atoms with Crippen molar-refractivity contribution in [2.45, 2.75) is 118 Å². The second-order valence-electron chi connectivity index (χ2n) is 21.1. The molecular formula is C53H70N3O14S+. The van der Waals surface area contributed by atoms with Crippen LogP contribution in [-0.4, -0.2) is 116 Å². The number of aromatic nitrogens is 1. The maximum Gasteiger partial charge on any atom is 0.312 e. The minimum absolute atomic E-state index is 0.0818. The van der Waals surface area contributed by atoms with Crippen molar-refractivity contribution in [3.8, 4) is 17.2 Å². The largest absolute Gasteiger partial charge is 0.505 e. The van der Waals surface area contributed by atoms with Gasteiger partial charge in [-0.15, -0.1) is 0 Å². The Labute approximate surface area is 415 Å². The number of quaternary nitrogens is 1. The number of phenols is 1. The highest BCUT2D eigenvalue weighted by Crippen LogP contribution is 2.49. The van der Waals surface area contributed by atoms with Gasteiger partial charge in [-0.2, -0.15) is 0 Å². The summed E-state index contributed by atoms with van der Waals surface area (Å²) < 4.78 is 64.7. The molecule has 0 fully saturated rings. The number of allylic oxidation sites excluding steroid dienone is 2. The van der Waals surface area contributed by atoms with Gasteiger partial charge in [0.2, 0.25) is 0 Å². The molecular weight excluding hydrogens is 935 g/mol. The first-order valence-electron chi connectivity index (χ1n) is 23.8. The van der Waals surface area contributed by atoms with E-state index < -0.39 is 80.0 Å². The first kappa shape index (κ1) is 54.5. The second-order valence-corrected chi connectivity index (χ2v) is 23.0. The number of aliphatic hydroxyl groups is 1. The number of nitrogens with zero attached hydrogens (tertiary/aromatic N) is 2. The van der Waals surface area contributed by atoms with Gasteiger partial charge in [-0.25, -0.2) is 13.4 Å². The summed E-state index contributed by atoms with van der Waals surface area (Å²) in [6.07, 6.45) is 6.36. The van der Waals surface area contributed by atoms with Crippen molar-refractivity contribution in [1.82, 2.24) is 4.98 Å². The minimum Gasteiger partial charge on any atom is -0.505 e. The van der Waals surface area contributed by atoms with E-state index in [-0.39, 0.29) is 96.3 Å². The van der Waals surface area contributed by atoms with Crippen LogP contribution in [0.15, 0.2) is 62.4 Å². The average Bonchev–Trinajstić information content (AvgIpc) is 3.55. The summed E-state index contributed by atoms with van der Waals surface area (Å²) in [5.74, 6) is -6.61. The fourth-order valence-corrected chi connectivity index (χ4v) is 9.99. The number of rotatable bonds is 7. The molecule has 0 spiro atoms. The maximum atomic E-state index is 14.9. The van der Waals surface area contributed by atoms with Crippen molar-refractivity contribution in [2.75, 3.05) is 45.9 Å². The lowest BCUT2D eigenvalue weighted by Gasteiger charge is -2.42. The van der Waals surface area contributed by atoms with E-state index in [4.69, 9.17) is 33.1 Å². The summed E-state index contributed by atoms with van der Waals surface area (Å²) in [4.78, 5) is 60.7. The summed E-state index contributed by atoms with van der Waals surface area (Å²) in [6.45, 7) is 22.2. The summed E-state index contributed by atoms with van der Waals surface area (Å²) in [7, 11) is 1.49. The predicted molar refractivity (Wildman–Crippen MR) is 270 cm³/mol. The Morgan fingerprint density at radius 1 is 0.972 bits per heavy atom. The topological polar surface area (TPSA) is 227 Å². The molecule has 0 saturated carbocycles. The molecule has 3 N–H and O–H groups in total. The highest BCUT2D eigenvalue weighted by Gasteiger charge is 2.50. The molecule has 18 heteroatoms. The number of likely N-dealkylation sites (N-methyl/N-ethyl adjacent to an activating group) is 1. The molecule has 71 heavy (non-hydrogen) atoms. The zero-order chi connectivity index (χ0) is 53.0. The first-order valence-corrected chi connectivity index (χ1v) is 25.7. The van der Waals surface area contributed by atoms with Crippen molar-refractivity contribution < 1.29 is 65.6 Å². The molecule has 0 unspecified atom stereocenters. The van der Waals surface area contributed by atoms with Crippen LogP contribution >= 0.6 is 0 Å². The summed E-state index contributed by atoms with van der Waals surface area (Å²) in [6, 6.07) is 2.77. The summed E-state index contributed by atoms with van der Waals surface area (Å²) >= 11 is 0. The third-order valence-corrected chi connectivity index (χ3v) is 16.2. The number of aromatic hydroxyl groups is 1. The number of ketones is 1. The van der Waals surface area contributed by atoms with Crippen LogP contribution in [0.25, 0.3) is 33.0 Å². The lowest BCUT2D eigenvalue weighted by molar-refractivity contribution is -0.935. The Morgan fingerprint density at radius 3 is 2.24 bits per heavy atom. The smallest absolute Gasteiger partial charge is 0.312 e. The van der Waals surface area contributed by atoms with Crippen LogP contribution in [0.5, 0.6) is 17.2 Å². The fraction of sp³-hybridized carbons (Fsp3) is 0.528. The first-order chi connectivity index (χ1) is 32.9. The molecule has 3 aromatic carbocycles. The van der Waals surface area contributed by atoms with E-state index in [1.165, 1.54) is 59.3 Å². The van der Waals surface area contributed by atoms with E-state index >= 15 is 0 Å². The Kier molecular flexibility index (Phi) is 15.4. The Bertz CT molecular complexity index is 3060. The van der Waals surface area contributed by atoms with Crippen LogP contribution in [0.3, 0.4) is 0 Å². The number of amides is 1. The number of ether oxygens (including phenoxy) is 5. The average molecular weight is 1010 g/mol. The molecule has 2 aliphatic heterocycles. The third kappa shape index (κ3) is 10.4. The molecule has 0 saturated heterocycles. The van der Waals surface area contributed by atoms with E-state index in [2.05, 4.69) is 40.2 Å². The van der Waals surface area contributed by atoms with Crippen LogP contribution in [0, 0.1) is 36.5 Å². The molecule has 0 radical (unpaired) electrons. The van der Waals surface area contributed by atoms with Crippen LogP contribution in [0.1, 0.15) is 92.1 Å². The number of esters is 1. The highest BCUT2D eigenvalue weighted by molar-refractivity contribution is 7.91. The lowest BCUT2D eigenvalue weighted by Crippen LogP contribution is -2.55. The lowest BCUT2D eigenvalue weighted by atomic mass is 9.73. The van der Waals surface area contributed by atoms with Gasteiger partial charge in [-0.05, 0) is 58.4 Å². The number of carbonyl (C=O) groups is 3. The number of methoxy groups -OCH3 is 1. The van der Waals surface area contributed by atoms with Crippen molar-refractivity contribution in [1.29, 1.82) is 0 Å². The van der Waals surface area contributed by atoms with Crippen molar-refractivity contribution in [3.63, 3.8) is 0 Å². The van der Waals surface area contributed by atoms with Crippen molar-refractivity contribution in [2.24, 2.45) is 29.6 Å². The number of hydrogen-bond donors (Lipinski definition) is 3. The number of anilines is 1. The number of aliphatic hydroxyl groups excluding tert-OH is 1. The van der Waals surface area contributed by atoms with E-state index in [1.54, 1.807) is 18.2 Å². The summed E-state index contributed by atoms with van der Waals surface area (Å²) in [5, 5.41) is 25.9. The van der Waals surface area contributed by atoms with Gasteiger partial charge in [0, 0.05) is 67.7 Å². The SMILES string of the molecule is CO[C@H]1/C=C/O[C@@]2(C)Oc3c(C)c(=O)c4c(O)c(c5oc6cc(OCC[N+](C)(C)C(C)(C)C)cc(S(C)(=O)=O)c6nc5c4c3C2=O)NC(=O)/C(C)=C\C=C\[C@H](C)[C@H](O)[C@@H](C)[C@@H](C)[C@@H](C)[C@H](OC(C)=O)[C@@H]1C. The van der Waals surface area contributed by atoms with Crippen LogP contribution in [-0.2, 0) is 33.6 Å². The number of sulfone groups is 1. The van der Waals surface area contributed by atoms with Gasteiger partial charge >= 0.3 is 11.8 Å². The fourth-order valence-electron chi connectivity index (χ4n) is 9.16. The van der Waals surface area contributed by atoms with Crippen LogP contribution < -0.4 is 20.2 Å². The standard InChI is InChI=1S/C53H69N3O14S/c1-26-18-17-19-27(2)51(62)55-43-46(60)39-38(42-49(43)69-36-24-34(25-37(41(36)54-42)71(16,63)64)66-23-21-56(13,14)52(9,10)11)40-48(32(7)45(39)59)70-53(12,50(40)61)67-22-20-35(65-15)31(6)47(68-33(8)57)30(5)28(3)29(4)44(26)58/h17-20,22,24-26,28-31,35,44,47,58H,21,23H2,1-16H3,(H-,54,55,59,60,61,62)/p+1/b18-17+,22-20+,27-19-/t26-,28+,29-,30+,31+,35-,44-,47-,53-/m0/s1. The van der Waals surface area contributed by atoms with E-state index in [9.17, 15) is 37.8 Å². The monoisotopic (exact) mass is 1000 g/mol. The van der Waals surface area contributed by atoms with Gasteiger partial charge in [0.15, 0.2) is 32.2 Å². The molecule has 9 atom stereocenters. The number of fused-ring (bicyclic) bond motifs is 2. The molecule has 1 amide bonds. The van der Waals surface area contributed by atoms with Gasteiger partial charge in [-0.1, -0.05) is 52.8 Å². The molecule has 3 heterocycles. The van der Waals surface area contributed by atoms with Gasteiger partial charge in [0.05, 0.1) is 53.9 Å². The number of carbonyl (C=O) groups excluding carboxylic acids is 3. The molecule has 1 aromatic heterocycles. The Hall–Kier alpha value is -5.82. The number of benzene rings is 3. The number of Topliss-reactive ketones (excluding diaryl/α,β-unsaturated/α-hetero) is 1. The van der Waals surface area contributed by atoms with Gasteiger partial charge in [0.25, 0.3) is 11.7 Å². The molecule has 4 bridgehead atoms. The second kappa shape index (κ2) is 20.0. The number of hydrogen-bond acceptors (Lipinski definition) is 15. The normalized spacial score (nSPS) is 27.8. The molecule has 6 rings (SSSR count). The maximum absolute atomic E-state index is 14.9. The molecule has 4 aromatic rings. The van der Waals surface area contributed by atoms with Crippen LogP contribution in [0.2, 0.25) is 0 Å². The molecule has 2 aliphatic rings. The Morgan fingerprint density at radius 2 is 1.63 bits per heavy atom. The van der Waals surface area contributed by atoms with E-state index in [0.717, 1.165) is 6.26 Å². The predicted octanol–water partition coefficient (Wildman–Crippen LogP) is 7.93. The number of nitrogens with one attached hydrogen (secondary N) is 1. The Balaban J connectivity index is 1.64. The molecule has 386 valence electrons. The van der Waals surface area contributed by atoms with Crippen LogP contribution in [0.4, 0.5) is 5.69 Å². The zero-order valence-electron chi connectivity index (χ0n) is 43.7. The van der Waals surface area contributed by atoms with Gasteiger partial charge in [0.1, 0.15) is 47.5 Å². The molecule has 17 nitrogen and oxygen atoms in total. The number of phenolic OH excluding ortho intramolecular Hbond substituents is 1. The van der Waals surface area contributed by atoms with E-state index in [0.29, 0.717) is 11.0 Å². The highest BCUT2D eigenvalue weighted by atomic mass is 32.2. The third-order valence-electron chi connectivity index (χ3n) is 15.1. The molecule has 0 aliphatic carbocycles. The quantitative estimate of drug-likeness (QED) is 0.0525. The summed E-state index contributed by atoms with van der Waals surface area (Å²) in [5.41, 5.74) is -2.34. The zero-order valence-corrected chi connectivity index (χ0v) is 44.5. The van der Waals surface area contributed by atoms with E-state index in [1.807, 2.05) is 34.6 Å². The van der Waals surface area contributed by atoms with Gasteiger partial charge in [-0.3, -0.25) is 19.2 Å². The van der Waals surface area contributed by atoms with Crippen molar-refractivity contribution in [3.05, 3.63) is 69.6 Å². The van der Waals surface area contributed by atoms with Crippen molar-refractivity contribution >= 4 is 66.2 Å². The minimum atomic E-state index is -4.09. The van der Waals surface area contributed by atoms with Gasteiger partial charge < -0.3 is 48.1 Å².